The summed E-state index contributed by atoms with van der Waals surface area (Å²) in [6.07, 6.45) is 1.77. The van der Waals surface area contributed by atoms with Crippen LogP contribution < -0.4 is 0 Å². The number of fused-ring (bicyclic) bond motifs is 1. The highest BCUT2D eigenvalue weighted by Gasteiger charge is 2.21. The Bertz CT molecular complexity index is 648. The number of amides is 1. The molecular formula is C15H17NO3S. The minimum Gasteiger partial charge on any atom is -0.480 e. The van der Waals surface area contributed by atoms with E-state index in [1.54, 1.807) is 0 Å². The van der Waals surface area contributed by atoms with Crippen molar-refractivity contribution in [3.63, 3.8) is 0 Å². The lowest BCUT2D eigenvalue weighted by molar-refractivity contribution is -0.137. The molecule has 1 heterocycles. The number of thiophene rings is 1. The minimum atomic E-state index is -1.00. The summed E-state index contributed by atoms with van der Waals surface area (Å²) in [5, 5.41) is 9.90. The molecular weight excluding hydrogens is 274 g/mol. The molecule has 0 atom stereocenters. The molecule has 0 aliphatic carbocycles. The van der Waals surface area contributed by atoms with E-state index in [0.717, 1.165) is 28.5 Å². The van der Waals surface area contributed by atoms with E-state index in [1.807, 2.05) is 24.3 Å². The molecule has 1 N–H and O–H groups in total. The molecule has 2 rings (SSSR count). The monoisotopic (exact) mass is 291 g/mol. The Morgan fingerprint density at radius 1 is 1.30 bits per heavy atom. The van der Waals surface area contributed by atoms with Crippen molar-refractivity contribution in [3.8, 4) is 0 Å². The predicted molar refractivity (Wildman–Crippen MR) is 80.4 cm³/mol. The van der Waals surface area contributed by atoms with Crippen LogP contribution in [0.2, 0.25) is 0 Å². The van der Waals surface area contributed by atoms with Gasteiger partial charge in [-0.05, 0) is 23.4 Å². The van der Waals surface area contributed by atoms with Crippen LogP contribution in [0.15, 0.2) is 24.3 Å². The van der Waals surface area contributed by atoms with E-state index >= 15 is 0 Å². The third-order valence-electron chi connectivity index (χ3n) is 3.11. The van der Waals surface area contributed by atoms with E-state index in [0.29, 0.717) is 4.88 Å². The van der Waals surface area contributed by atoms with Gasteiger partial charge in [-0.1, -0.05) is 31.5 Å². The van der Waals surface area contributed by atoms with Crippen LogP contribution in [0.25, 0.3) is 10.1 Å². The molecule has 0 bridgehead atoms. The fraction of sp³-hybridized carbons (Fsp3) is 0.333. The number of carbonyl (C=O) groups is 2. The van der Waals surface area contributed by atoms with Gasteiger partial charge in [0.1, 0.15) is 6.54 Å². The topological polar surface area (TPSA) is 57.6 Å². The maximum atomic E-state index is 12.4. The molecule has 1 aromatic heterocycles. The molecule has 1 aromatic carbocycles. The summed E-state index contributed by atoms with van der Waals surface area (Å²) in [6.45, 7) is 1.79. The third kappa shape index (κ3) is 2.82. The Kier molecular flexibility index (Phi) is 4.39. The first-order chi connectivity index (χ1) is 9.54. The average Bonchev–Trinajstić information content (AvgIpc) is 2.77. The summed E-state index contributed by atoms with van der Waals surface area (Å²) in [4.78, 5) is 25.1. The number of carboxylic acid groups (broad SMARTS) is 1. The molecule has 0 fully saturated rings. The highest BCUT2D eigenvalue weighted by molar-refractivity contribution is 7.21. The van der Waals surface area contributed by atoms with Crippen molar-refractivity contribution in [1.82, 2.24) is 4.90 Å². The van der Waals surface area contributed by atoms with Crippen molar-refractivity contribution >= 4 is 33.3 Å². The average molecular weight is 291 g/mol. The second kappa shape index (κ2) is 6.05. The number of rotatable bonds is 5. The molecule has 0 radical (unpaired) electrons. The molecule has 0 aliphatic heterocycles. The van der Waals surface area contributed by atoms with Crippen molar-refractivity contribution in [2.75, 3.05) is 13.6 Å². The van der Waals surface area contributed by atoms with Gasteiger partial charge in [-0.25, -0.2) is 0 Å². The van der Waals surface area contributed by atoms with Gasteiger partial charge in [-0.2, -0.15) is 0 Å². The van der Waals surface area contributed by atoms with E-state index in [4.69, 9.17) is 5.11 Å². The number of nitrogens with zero attached hydrogens (tertiary/aromatic N) is 1. The highest BCUT2D eigenvalue weighted by Crippen LogP contribution is 2.32. The zero-order chi connectivity index (χ0) is 14.7. The van der Waals surface area contributed by atoms with Gasteiger partial charge < -0.3 is 10.0 Å². The number of carbonyl (C=O) groups excluding carboxylic acids is 1. The smallest absolute Gasteiger partial charge is 0.323 e. The Morgan fingerprint density at radius 3 is 2.65 bits per heavy atom. The van der Waals surface area contributed by atoms with Crippen LogP contribution in [0.5, 0.6) is 0 Å². The summed E-state index contributed by atoms with van der Waals surface area (Å²) in [5.74, 6) is -1.21. The molecule has 2 aromatic rings. The number of hydrogen-bond acceptors (Lipinski definition) is 3. The van der Waals surface area contributed by atoms with Gasteiger partial charge in [0.25, 0.3) is 5.91 Å². The van der Waals surface area contributed by atoms with Crippen LogP contribution in [0.3, 0.4) is 0 Å². The first kappa shape index (κ1) is 14.5. The van der Waals surface area contributed by atoms with Crippen LogP contribution in [0, 0.1) is 0 Å². The molecule has 0 aliphatic rings. The number of likely N-dealkylation sites (N-methyl/N-ethyl adjacent to an activating group) is 1. The standard InChI is InChI=1S/C15H17NO3S/c1-3-6-11-10-7-4-5-8-12(10)20-14(11)15(19)16(2)9-13(17)18/h4-5,7-8H,3,6,9H2,1-2H3,(H,17,18). The van der Waals surface area contributed by atoms with Gasteiger partial charge in [0, 0.05) is 11.7 Å². The molecule has 5 heteroatoms. The molecule has 106 valence electrons. The highest BCUT2D eigenvalue weighted by atomic mass is 32.1. The minimum absolute atomic E-state index is 0.211. The third-order valence-corrected chi connectivity index (χ3v) is 4.31. The van der Waals surface area contributed by atoms with E-state index in [9.17, 15) is 9.59 Å². The Morgan fingerprint density at radius 2 is 2.00 bits per heavy atom. The molecule has 0 saturated carbocycles. The van der Waals surface area contributed by atoms with Gasteiger partial charge >= 0.3 is 5.97 Å². The van der Waals surface area contributed by atoms with E-state index in [2.05, 4.69) is 6.92 Å². The van der Waals surface area contributed by atoms with Gasteiger partial charge in [0.15, 0.2) is 0 Å². The van der Waals surface area contributed by atoms with Crippen LogP contribution in [0.1, 0.15) is 28.6 Å². The van der Waals surface area contributed by atoms with E-state index in [1.165, 1.54) is 23.3 Å². The van der Waals surface area contributed by atoms with E-state index in [-0.39, 0.29) is 12.5 Å². The fourth-order valence-corrected chi connectivity index (χ4v) is 3.46. The number of aryl methyl sites for hydroxylation is 1. The lowest BCUT2D eigenvalue weighted by Crippen LogP contribution is -2.31. The molecule has 20 heavy (non-hydrogen) atoms. The molecule has 1 amide bonds. The number of benzene rings is 1. The van der Waals surface area contributed by atoms with Crippen LogP contribution in [0.4, 0.5) is 0 Å². The largest absolute Gasteiger partial charge is 0.480 e. The van der Waals surface area contributed by atoms with Gasteiger partial charge in [-0.15, -0.1) is 11.3 Å². The first-order valence-electron chi connectivity index (χ1n) is 6.52. The second-order valence-corrected chi connectivity index (χ2v) is 5.76. The second-order valence-electron chi connectivity index (χ2n) is 4.71. The van der Waals surface area contributed by atoms with Gasteiger partial charge in [0.2, 0.25) is 0 Å². The van der Waals surface area contributed by atoms with Crippen molar-refractivity contribution < 1.29 is 14.7 Å². The van der Waals surface area contributed by atoms with Crippen LogP contribution in [-0.4, -0.2) is 35.5 Å². The SMILES string of the molecule is CCCc1c(C(=O)N(C)CC(=O)O)sc2ccccc12. The Hall–Kier alpha value is -1.88. The summed E-state index contributed by atoms with van der Waals surface area (Å²) >= 11 is 1.44. The zero-order valence-corrected chi connectivity index (χ0v) is 12.4. The van der Waals surface area contributed by atoms with Crippen molar-refractivity contribution in [1.29, 1.82) is 0 Å². The fourth-order valence-electron chi connectivity index (χ4n) is 2.22. The Labute approximate surface area is 121 Å². The van der Waals surface area contributed by atoms with Crippen LogP contribution in [-0.2, 0) is 11.2 Å². The van der Waals surface area contributed by atoms with Crippen molar-refractivity contribution in [2.24, 2.45) is 0 Å². The van der Waals surface area contributed by atoms with Gasteiger partial charge in [0.05, 0.1) is 4.88 Å². The molecule has 4 nitrogen and oxygen atoms in total. The first-order valence-corrected chi connectivity index (χ1v) is 7.34. The van der Waals surface area contributed by atoms with Gasteiger partial charge in [-0.3, -0.25) is 9.59 Å². The summed E-state index contributed by atoms with van der Waals surface area (Å²) < 4.78 is 1.07. The lowest BCUT2D eigenvalue weighted by atomic mass is 10.1. The van der Waals surface area contributed by atoms with Crippen molar-refractivity contribution in [3.05, 3.63) is 34.7 Å². The lowest BCUT2D eigenvalue weighted by Gasteiger charge is -2.14. The quantitative estimate of drug-likeness (QED) is 0.921. The maximum Gasteiger partial charge on any atom is 0.323 e. The number of aliphatic carboxylic acids is 1. The maximum absolute atomic E-state index is 12.4. The zero-order valence-electron chi connectivity index (χ0n) is 11.5. The molecule has 0 saturated heterocycles. The molecule has 0 unspecified atom stereocenters. The van der Waals surface area contributed by atoms with E-state index < -0.39 is 5.97 Å². The molecule has 0 spiro atoms. The van der Waals surface area contributed by atoms with Crippen molar-refractivity contribution in [2.45, 2.75) is 19.8 Å². The predicted octanol–water partition coefficient (Wildman–Crippen LogP) is 3.01. The van der Waals surface area contributed by atoms with Crippen LogP contribution >= 0.6 is 11.3 Å². The number of carboxylic acids is 1. The Balaban J connectivity index is 2.44. The normalized spacial score (nSPS) is 10.7. The summed E-state index contributed by atoms with van der Waals surface area (Å²) in [6, 6.07) is 7.92. The number of hydrogen-bond donors (Lipinski definition) is 1. The summed E-state index contributed by atoms with van der Waals surface area (Å²) in [5.41, 5.74) is 1.04. The summed E-state index contributed by atoms with van der Waals surface area (Å²) in [7, 11) is 1.52.